The maximum Gasteiger partial charge on any atom is 0.167 e. The summed E-state index contributed by atoms with van der Waals surface area (Å²) >= 11 is 0. The van der Waals surface area contributed by atoms with Gasteiger partial charge in [0, 0.05) is 0 Å². The third kappa shape index (κ3) is 3.14. The third-order valence-electron chi connectivity index (χ3n) is 3.65. The molecule has 7 heteroatoms. The molecule has 0 bridgehead atoms. The van der Waals surface area contributed by atoms with E-state index in [4.69, 9.17) is 5.73 Å². The molecule has 0 unspecified atom stereocenters. The van der Waals surface area contributed by atoms with E-state index in [0.29, 0.717) is 12.2 Å². The highest BCUT2D eigenvalue weighted by molar-refractivity contribution is 5.43. The average Bonchev–Trinajstić information content (AvgIpc) is 3.09. The number of nitrogens with zero attached hydrogens (tertiary/aromatic N) is 5. The van der Waals surface area contributed by atoms with Gasteiger partial charge in [0.2, 0.25) is 0 Å². The van der Waals surface area contributed by atoms with Gasteiger partial charge in [0.05, 0.1) is 18.2 Å². The van der Waals surface area contributed by atoms with E-state index in [2.05, 4.69) is 57.3 Å². The highest BCUT2D eigenvalue weighted by Gasteiger charge is 2.15. The van der Waals surface area contributed by atoms with Crippen LogP contribution in [0.2, 0.25) is 0 Å². The fourth-order valence-electron chi connectivity index (χ4n) is 2.46. The Morgan fingerprint density at radius 2 is 2.00 bits per heavy atom. The molecule has 0 aliphatic rings. The van der Waals surface area contributed by atoms with Crippen molar-refractivity contribution in [2.24, 2.45) is 5.73 Å². The van der Waals surface area contributed by atoms with Crippen molar-refractivity contribution in [1.29, 1.82) is 0 Å². The summed E-state index contributed by atoms with van der Waals surface area (Å²) in [5, 5.41) is 11.6. The van der Waals surface area contributed by atoms with Gasteiger partial charge in [0.25, 0.3) is 0 Å². The molecule has 1 atom stereocenters. The van der Waals surface area contributed by atoms with Crippen LogP contribution in [0.4, 0.5) is 0 Å². The van der Waals surface area contributed by atoms with Crippen LogP contribution in [0.15, 0.2) is 18.2 Å². The van der Waals surface area contributed by atoms with Crippen LogP contribution in [0.3, 0.4) is 0 Å². The van der Waals surface area contributed by atoms with Crippen molar-refractivity contribution in [3.05, 3.63) is 52.6 Å². The van der Waals surface area contributed by atoms with E-state index in [9.17, 15) is 0 Å². The van der Waals surface area contributed by atoms with Crippen LogP contribution in [0.1, 0.15) is 47.4 Å². The fraction of sp³-hybridized carbons (Fsp3) is 0.375. The molecule has 2 heterocycles. The number of hydrogen-bond donors (Lipinski definition) is 2. The molecule has 0 radical (unpaired) electrons. The molecule has 3 rings (SSSR count). The lowest BCUT2D eigenvalue weighted by Gasteiger charge is -2.09. The zero-order valence-corrected chi connectivity index (χ0v) is 13.8. The first-order valence-corrected chi connectivity index (χ1v) is 7.61. The van der Waals surface area contributed by atoms with Gasteiger partial charge in [-0.05, 0) is 44.9 Å². The summed E-state index contributed by atoms with van der Waals surface area (Å²) in [5.74, 6) is 2.89. The standard InChI is InChI=1S/C16H21N7/c1-9-5-6-10(2)13(7-9)23-15(18-12(4)22-23)8-14-19-16(11(3)17)21-20-14/h5-7,11H,8,17H2,1-4H3,(H,19,20,21)/t11-/m1/s1. The van der Waals surface area contributed by atoms with Gasteiger partial charge >= 0.3 is 0 Å². The van der Waals surface area contributed by atoms with Crippen molar-refractivity contribution in [2.75, 3.05) is 0 Å². The van der Waals surface area contributed by atoms with Crippen LogP contribution >= 0.6 is 0 Å². The minimum Gasteiger partial charge on any atom is -0.321 e. The highest BCUT2D eigenvalue weighted by atomic mass is 15.4. The van der Waals surface area contributed by atoms with Gasteiger partial charge in [-0.15, -0.1) is 0 Å². The summed E-state index contributed by atoms with van der Waals surface area (Å²) in [6.07, 6.45) is 0.522. The molecule has 23 heavy (non-hydrogen) atoms. The normalized spacial score (nSPS) is 12.6. The number of nitrogens with one attached hydrogen (secondary N) is 1. The van der Waals surface area contributed by atoms with E-state index < -0.39 is 0 Å². The highest BCUT2D eigenvalue weighted by Crippen LogP contribution is 2.18. The lowest BCUT2D eigenvalue weighted by atomic mass is 10.1. The summed E-state index contributed by atoms with van der Waals surface area (Å²) in [5.41, 5.74) is 9.17. The molecule has 0 aliphatic heterocycles. The van der Waals surface area contributed by atoms with Crippen molar-refractivity contribution < 1.29 is 0 Å². The van der Waals surface area contributed by atoms with Crippen LogP contribution in [0.25, 0.3) is 5.69 Å². The summed E-state index contributed by atoms with van der Waals surface area (Å²) in [4.78, 5) is 8.96. The zero-order chi connectivity index (χ0) is 16.6. The Morgan fingerprint density at radius 1 is 1.22 bits per heavy atom. The predicted molar refractivity (Wildman–Crippen MR) is 87.4 cm³/mol. The molecule has 0 fully saturated rings. The van der Waals surface area contributed by atoms with Gasteiger partial charge in [-0.25, -0.2) is 14.6 Å². The first kappa shape index (κ1) is 15.4. The number of H-pyrrole nitrogens is 1. The first-order valence-electron chi connectivity index (χ1n) is 7.61. The predicted octanol–water partition coefficient (Wildman–Crippen LogP) is 1.92. The monoisotopic (exact) mass is 311 g/mol. The summed E-state index contributed by atoms with van der Waals surface area (Å²) in [6.45, 7) is 7.88. The maximum absolute atomic E-state index is 5.80. The molecule has 7 nitrogen and oxygen atoms in total. The van der Waals surface area contributed by atoms with E-state index in [1.807, 2.05) is 18.5 Å². The second-order valence-electron chi connectivity index (χ2n) is 5.88. The molecule has 0 amide bonds. The molecule has 0 saturated heterocycles. The van der Waals surface area contributed by atoms with Crippen molar-refractivity contribution >= 4 is 0 Å². The Labute approximate surface area is 135 Å². The third-order valence-corrected chi connectivity index (χ3v) is 3.65. The Kier molecular flexibility index (Phi) is 3.96. The van der Waals surface area contributed by atoms with Gasteiger partial charge in [0.15, 0.2) is 5.82 Å². The van der Waals surface area contributed by atoms with Crippen LogP contribution in [0.5, 0.6) is 0 Å². The summed E-state index contributed by atoms with van der Waals surface area (Å²) < 4.78 is 1.88. The van der Waals surface area contributed by atoms with Crippen LogP contribution in [-0.2, 0) is 6.42 Å². The van der Waals surface area contributed by atoms with Gasteiger partial charge in [-0.2, -0.15) is 10.2 Å². The van der Waals surface area contributed by atoms with Crippen molar-refractivity contribution in [2.45, 2.75) is 40.2 Å². The van der Waals surface area contributed by atoms with Crippen molar-refractivity contribution in [1.82, 2.24) is 29.9 Å². The minimum atomic E-state index is -0.196. The lowest BCUT2D eigenvalue weighted by molar-refractivity contribution is 0.744. The van der Waals surface area contributed by atoms with E-state index in [1.165, 1.54) is 5.56 Å². The van der Waals surface area contributed by atoms with Gasteiger partial charge in [-0.3, -0.25) is 5.10 Å². The lowest BCUT2D eigenvalue weighted by Crippen LogP contribution is -2.08. The average molecular weight is 311 g/mol. The van der Waals surface area contributed by atoms with Crippen LogP contribution in [0, 0.1) is 20.8 Å². The minimum absolute atomic E-state index is 0.196. The largest absolute Gasteiger partial charge is 0.321 e. The number of nitrogens with two attached hydrogens (primary N) is 1. The van der Waals surface area contributed by atoms with E-state index in [1.54, 1.807) is 0 Å². The second-order valence-corrected chi connectivity index (χ2v) is 5.88. The number of aromatic amines is 1. The molecule has 120 valence electrons. The van der Waals surface area contributed by atoms with E-state index in [-0.39, 0.29) is 6.04 Å². The molecule has 3 N–H and O–H groups in total. The number of aromatic nitrogens is 6. The molecular weight excluding hydrogens is 290 g/mol. The van der Waals surface area contributed by atoms with Crippen molar-refractivity contribution in [3.8, 4) is 5.69 Å². The van der Waals surface area contributed by atoms with E-state index in [0.717, 1.165) is 28.7 Å². The number of aryl methyl sites for hydroxylation is 3. The Morgan fingerprint density at radius 3 is 2.70 bits per heavy atom. The number of rotatable bonds is 4. The Bertz CT molecular complexity index is 829. The Hall–Kier alpha value is -2.54. The SMILES string of the molecule is Cc1ccc(C)c(-n2nc(C)nc2Cc2nc([C@@H](C)N)n[nH]2)c1. The topological polar surface area (TPSA) is 98.3 Å². The van der Waals surface area contributed by atoms with Gasteiger partial charge < -0.3 is 5.73 Å². The maximum atomic E-state index is 5.80. The summed E-state index contributed by atoms with van der Waals surface area (Å²) in [7, 11) is 0. The molecule has 0 spiro atoms. The second kappa shape index (κ2) is 5.92. The molecule has 0 saturated carbocycles. The smallest absolute Gasteiger partial charge is 0.167 e. The van der Waals surface area contributed by atoms with Crippen LogP contribution in [-0.4, -0.2) is 29.9 Å². The zero-order valence-electron chi connectivity index (χ0n) is 13.8. The number of hydrogen-bond acceptors (Lipinski definition) is 5. The van der Waals surface area contributed by atoms with E-state index >= 15 is 0 Å². The molecule has 1 aromatic carbocycles. The first-order chi connectivity index (χ1) is 10.9. The Balaban J connectivity index is 1.98. The van der Waals surface area contributed by atoms with Gasteiger partial charge in [-0.1, -0.05) is 12.1 Å². The number of benzene rings is 1. The van der Waals surface area contributed by atoms with Crippen molar-refractivity contribution in [3.63, 3.8) is 0 Å². The molecular formula is C16H21N7. The fourth-order valence-corrected chi connectivity index (χ4v) is 2.46. The quantitative estimate of drug-likeness (QED) is 0.767. The van der Waals surface area contributed by atoms with Crippen LogP contribution < -0.4 is 5.73 Å². The molecule has 2 aromatic heterocycles. The van der Waals surface area contributed by atoms with Gasteiger partial charge in [0.1, 0.15) is 17.5 Å². The molecule has 0 aliphatic carbocycles. The summed E-state index contributed by atoms with van der Waals surface area (Å²) in [6, 6.07) is 6.10. The molecule has 3 aromatic rings.